The van der Waals surface area contributed by atoms with Crippen molar-refractivity contribution < 1.29 is 9.50 Å². The Morgan fingerprint density at radius 1 is 1.40 bits per heavy atom. The highest BCUT2D eigenvalue weighted by Crippen LogP contribution is 2.26. The topological polar surface area (TPSA) is 35.5 Å². The van der Waals surface area contributed by atoms with Crippen molar-refractivity contribution in [1.82, 2.24) is 10.2 Å². The Labute approximate surface area is 90.6 Å². The predicted octanol–water partition coefficient (Wildman–Crippen LogP) is 0.392. The maximum absolute atomic E-state index is 13.7. The van der Waals surface area contributed by atoms with E-state index in [-0.39, 0.29) is 6.61 Å². The lowest BCUT2D eigenvalue weighted by atomic mass is 9.98. The van der Waals surface area contributed by atoms with E-state index >= 15 is 0 Å². The summed E-state index contributed by atoms with van der Waals surface area (Å²) < 4.78 is 13.7. The van der Waals surface area contributed by atoms with E-state index in [1.54, 1.807) is 0 Å². The van der Waals surface area contributed by atoms with E-state index in [1.165, 1.54) is 12.8 Å². The van der Waals surface area contributed by atoms with Crippen LogP contribution >= 0.6 is 0 Å². The Balaban J connectivity index is 1.76. The van der Waals surface area contributed by atoms with Gasteiger partial charge in [0.2, 0.25) is 0 Å². The number of rotatable bonds is 3. The predicted molar refractivity (Wildman–Crippen MR) is 57.6 cm³/mol. The molecule has 2 aliphatic rings. The van der Waals surface area contributed by atoms with Gasteiger partial charge in [-0.3, -0.25) is 4.90 Å². The Morgan fingerprint density at radius 2 is 2.13 bits per heavy atom. The molecular weight excluding hydrogens is 195 g/mol. The highest BCUT2D eigenvalue weighted by molar-refractivity contribution is 4.91. The first-order valence-electron chi connectivity index (χ1n) is 5.95. The number of hydrogen-bond donors (Lipinski definition) is 2. The summed E-state index contributed by atoms with van der Waals surface area (Å²) >= 11 is 0. The first-order chi connectivity index (χ1) is 7.22. The Bertz CT molecular complexity index is 209. The fourth-order valence-corrected chi connectivity index (χ4v) is 2.63. The molecule has 2 aliphatic heterocycles. The molecule has 1 atom stereocenters. The molecular formula is C11H21FN2O. The third-order valence-electron chi connectivity index (χ3n) is 3.64. The molecule has 0 radical (unpaired) electrons. The number of nitrogens with one attached hydrogen (secondary N) is 1. The molecule has 0 saturated carbocycles. The standard InChI is InChI=1S/C11H21FN2O/c12-11(9-15)3-6-14(8-11)7-10-1-4-13-5-2-10/h10,13,15H,1-9H2. The molecule has 2 rings (SSSR count). The van der Waals surface area contributed by atoms with Gasteiger partial charge in [-0.1, -0.05) is 0 Å². The van der Waals surface area contributed by atoms with Gasteiger partial charge in [0.1, 0.15) is 5.67 Å². The normalized spacial score (nSPS) is 34.8. The van der Waals surface area contributed by atoms with Crippen molar-refractivity contribution in [3.8, 4) is 0 Å². The second kappa shape index (κ2) is 4.76. The minimum Gasteiger partial charge on any atom is -0.393 e. The Kier molecular flexibility index (Phi) is 3.59. The van der Waals surface area contributed by atoms with Gasteiger partial charge in [-0.05, 0) is 38.3 Å². The van der Waals surface area contributed by atoms with Gasteiger partial charge in [-0.25, -0.2) is 4.39 Å². The number of nitrogens with zero attached hydrogens (tertiary/aromatic N) is 1. The van der Waals surface area contributed by atoms with Crippen LogP contribution in [0.15, 0.2) is 0 Å². The average molecular weight is 216 g/mol. The first-order valence-corrected chi connectivity index (χ1v) is 5.95. The molecule has 0 aliphatic carbocycles. The number of hydrogen-bond acceptors (Lipinski definition) is 3. The van der Waals surface area contributed by atoms with E-state index in [9.17, 15) is 4.39 Å². The van der Waals surface area contributed by atoms with Gasteiger partial charge in [0.25, 0.3) is 0 Å². The van der Waals surface area contributed by atoms with E-state index < -0.39 is 5.67 Å². The molecule has 2 N–H and O–H groups in total. The van der Waals surface area contributed by atoms with Crippen LogP contribution in [0.3, 0.4) is 0 Å². The molecule has 0 amide bonds. The average Bonchev–Trinajstić information content (AvgIpc) is 2.63. The van der Waals surface area contributed by atoms with Crippen LogP contribution in [-0.2, 0) is 0 Å². The Morgan fingerprint density at radius 3 is 2.73 bits per heavy atom. The zero-order valence-electron chi connectivity index (χ0n) is 9.21. The molecule has 3 nitrogen and oxygen atoms in total. The van der Waals surface area contributed by atoms with Crippen molar-refractivity contribution in [1.29, 1.82) is 0 Å². The number of halogens is 1. The monoisotopic (exact) mass is 216 g/mol. The third kappa shape index (κ3) is 2.89. The van der Waals surface area contributed by atoms with Gasteiger partial charge in [0.05, 0.1) is 6.61 Å². The summed E-state index contributed by atoms with van der Waals surface area (Å²) in [6, 6.07) is 0. The summed E-state index contributed by atoms with van der Waals surface area (Å²) in [5, 5.41) is 12.3. The van der Waals surface area contributed by atoms with E-state index in [0.717, 1.165) is 26.2 Å². The first kappa shape index (κ1) is 11.3. The molecule has 15 heavy (non-hydrogen) atoms. The number of alkyl halides is 1. The van der Waals surface area contributed by atoms with E-state index in [1.807, 2.05) is 0 Å². The fourth-order valence-electron chi connectivity index (χ4n) is 2.63. The summed E-state index contributed by atoms with van der Waals surface area (Å²) in [6.07, 6.45) is 2.90. The van der Waals surface area contributed by atoms with Crippen LogP contribution in [0.25, 0.3) is 0 Å². The zero-order chi connectivity index (χ0) is 10.7. The van der Waals surface area contributed by atoms with Crippen molar-refractivity contribution >= 4 is 0 Å². The van der Waals surface area contributed by atoms with Crippen LogP contribution in [0.5, 0.6) is 0 Å². The summed E-state index contributed by atoms with van der Waals surface area (Å²) in [4.78, 5) is 2.17. The van der Waals surface area contributed by atoms with Gasteiger partial charge in [0.15, 0.2) is 0 Å². The maximum atomic E-state index is 13.7. The number of aliphatic hydroxyl groups is 1. The van der Waals surface area contributed by atoms with Crippen molar-refractivity contribution in [2.45, 2.75) is 24.9 Å². The SMILES string of the molecule is OCC1(F)CCN(CC2CCNCC2)C1. The summed E-state index contributed by atoms with van der Waals surface area (Å²) in [5.74, 6) is 0.715. The number of likely N-dealkylation sites (tertiary alicyclic amines) is 1. The molecule has 0 spiro atoms. The fraction of sp³-hybridized carbons (Fsp3) is 1.00. The molecule has 0 bridgehead atoms. The van der Waals surface area contributed by atoms with Crippen LogP contribution in [-0.4, -0.2) is 55.0 Å². The van der Waals surface area contributed by atoms with Crippen molar-refractivity contribution in [2.24, 2.45) is 5.92 Å². The number of aliphatic hydroxyl groups excluding tert-OH is 1. The molecule has 4 heteroatoms. The number of piperidine rings is 1. The van der Waals surface area contributed by atoms with Crippen molar-refractivity contribution in [2.75, 3.05) is 39.3 Å². The smallest absolute Gasteiger partial charge is 0.147 e. The minimum atomic E-state index is -1.33. The molecule has 0 aromatic rings. The van der Waals surface area contributed by atoms with E-state index in [4.69, 9.17) is 5.11 Å². The highest BCUT2D eigenvalue weighted by Gasteiger charge is 2.38. The van der Waals surface area contributed by atoms with Crippen LogP contribution in [0.1, 0.15) is 19.3 Å². The zero-order valence-corrected chi connectivity index (χ0v) is 9.21. The second-order valence-corrected chi connectivity index (χ2v) is 4.99. The van der Waals surface area contributed by atoms with E-state index in [0.29, 0.717) is 18.9 Å². The molecule has 2 fully saturated rings. The van der Waals surface area contributed by atoms with Crippen molar-refractivity contribution in [3.05, 3.63) is 0 Å². The second-order valence-electron chi connectivity index (χ2n) is 4.99. The maximum Gasteiger partial charge on any atom is 0.147 e. The van der Waals surface area contributed by atoms with Crippen LogP contribution in [0.4, 0.5) is 4.39 Å². The molecule has 0 aromatic heterocycles. The lowest BCUT2D eigenvalue weighted by Crippen LogP contribution is -2.37. The molecule has 2 heterocycles. The molecule has 0 aromatic carbocycles. The summed E-state index contributed by atoms with van der Waals surface area (Å²) in [6.45, 7) is 4.11. The summed E-state index contributed by atoms with van der Waals surface area (Å²) in [5.41, 5.74) is -1.33. The lowest BCUT2D eigenvalue weighted by molar-refractivity contribution is 0.0749. The van der Waals surface area contributed by atoms with Crippen LogP contribution in [0, 0.1) is 5.92 Å². The summed E-state index contributed by atoms with van der Waals surface area (Å²) in [7, 11) is 0. The lowest BCUT2D eigenvalue weighted by Gasteiger charge is -2.27. The quantitative estimate of drug-likeness (QED) is 0.716. The van der Waals surface area contributed by atoms with Gasteiger partial charge in [0, 0.05) is 19.6 Å². The molecule has 1 unspecified atom stereocenters. The largest absolute Gasteiger partial charge is 0.393 e. The van der Waals surface area contributed by atoms with Gasteiger partial charge in [-0.2, -0.15) is 0 Å². The molecule has 88 valence electrons. The van der Waals surface area contributed by atoms with E-state index in [2.05, 4.69) is 10.2 Å². The Hall–Kier alpha value is -0.190. The van der Waals surface area contributed by atoms with Gasteiger partial charge < -0.3 is 10.4 Å². The van der Waals surface area contributed by atoms with Gasteiger partial charge >= 0.3 is 0 Å². The van der Waals surface area contributed by atoms with Crippen molar-refractivity contribution in [3.63, 3.8) is 0 Å². The molecule has 2 saturated heterocycles. The van der Waals surface area contributed by atoms with Crippen LogP contribution < -0.4 is 5.32 Å². The third-order valence-corrected chi connectivity index (χ3v) is 3.64. The van der Waals surface area contributed by atoms with Gasteiger partial charge in [-0.15, -0.1) is 0 Å². The highest BCUT2D eigenvalue weighted by atomic mass is 19.1. The van der Waals surface area contributed by atoms with Crippen LogP contribution in [0.2, 0.25) is 0 Å². The minimum absolute atomic E-state index is 0.324.